The highest BCUT2D eigenvalue weighted by molar-refractivity contribution is 6.32. The van der Waals surface area contributed by atoms with Gasteiger partial charge in [-0.25, -0.2) is 4.39 Å². The van der Waals surface area contributed by atoms with E-state index in [1.807, 2.05) is 19.1 Å². The Balaban J connectivity index is 1.74. The van der Waals surface area contributed by atoms with E-state index in [-0.39, 0.29) is 5.75 Å². The van der Waals surface area contributed by atoms with Crippen LogP contribution in [-0.2, 0) is 6.54 Å². The standard InChI is InChI=1S/C17H17ClFNO/c1-11-2-6-15(19)17(8-11)21-16-7-3-12(9-14(16)18)10-20-13-4-5-13/h2-3,6-9,13,20H,4-5,10H2,1H3. The van der Waals surface area contributed by atoms with Crippen LogP contribution in [0.2, 0.25) is 5.02 Å². The van der Waals surface area contributed by atoms with E-state index in [1.165, 1.54) is 18.9 Å². The van der Waals surface area contributed by atoms with Crippen LogP contribution in [0.3, 0.4) is 0 Å². The Bertz CT molecular complexity index is 655. The van der Waals surface area contributed by atoms with Crippen LogP contribution in [0, 0.1) is 12.7 Å². The summed E-state index contributed by atoms with van der Waals surface area (Å²) in [5.74, 6) is 0.272. The van der Waals surface area contributed by atoms with Crippen molar-refractivity contribution in [3.63, 3.8) is 0 Å². The highest BCUT2D eigenvalue weighted by Gasteiger charge is 2.20. The molecule has 0 spiro atoms. The Labute approximate surface area is 128 Å². The molecular weight excluding hydrogens is 289 g/mol. The normalized spacial score (nSPS) is 14.2. The van der Waals surface area contributed by atoms with Crippen LogP contribution >= 0.6 is 11.6 Å². The molecule has 1 fully saturated rings. The number of benzene rings is 2. The van der Waals surface area contributed by atoms with Crippen molar-refractivity contribution in [3.05, 3.63) is 58.4 Å². The average Bonchev–Trinajstić information content (AvgIpc) is 3.27. The lowest BCUT2D eigenvalue weighted by Gasteiger charge is -2.11. The minimum absolute atomic E-state index is 0.195. The molecule has 0 atom stereocenters. The zero-order valence-corrected chi connectivity index (χ0v) is 12.6. The third kappa shape index (κ3) is 3.74. The summed E-state index contributed by atoms with van der Waals surface area (Å²) in [6, 6.07) is 11.0. The van der Waals surface area contributed by atoms with Gasteiger partial charge >= 0.3 is 0 Å². The molecule has 1 saturated carbocycles. The summed E-state index contributed by atoms with van der Waals surface area (Å²) >= 11 is 6.23. The van der Waals surface area contributed by atoms with Crippen molar-refractivity contribution in [2.75, 3.05) is 0 Å². The lowest BCUT2D eigenvalue weighted by molar-refractivity contribution is 0.442. The second-order valence-electron chi connectivity index (χ2n) is 5.46. The van der Waals surface area contributed by atoms with Crippen LogP contribution in [0.5, 0.6) is 11.5 Å². The van der Waals surface area contributed by atoms with E-state index in [2.05, 4.69) is 5.32 Å². The van der Waals surface area contributed by atoms with E-state index in [9.17, 15) is 4.39 Å². The Kier molecular flexibility index (Phi) is 4.13. The molecule has 0 radical (unpaired) electrons. The first kappa shape index (κ1) is 14.4. The third-order valence-corrected chi connectivity index (χ3v) is 3.77. The second kappa shape index (κ2) is 6.04. The molecular formula is C17H17ClFNO. The summed E-state index contributed by atoms with van der Waals surface area (Å²) in [6.07, 6.45) is 2.50. The SMILES string of the molecule is Cc1ccc(F)c(Oc2ccc(CNC3CC3)cc2Cl)c1. The van der Waals surface area contributed by atoms with Gasteiger partial charge in [-0.3, -0.25) is 0 Å². The van der Waals surface area contributed by atoms with Crippen LogP contribution in [0.15, 0.2) is 36.4 Å². The zero-order valence-electron chi connectivity index (χ0n) is 11.8. The smallest absolute Gasteiger partial charge is 0.165 e. The highest BCUT2D eigenvalue weighted by atomic mass is 35.5. The van der Waals surface area contributed by atoms with Crippen molar-refractivity contribution < 1.29 is 9.13 Å². The molecule has 4 heteroatoms. The molecule has 0 unspecified atom stereocenters. The van der Waals surface area contributed by atoms with Gasteiger partial charge < -0.3 is 10.1 Å². The number of halogens is 2. The van der Waals surface area contributed by atoms with Crippen molar-refractivity contribution in [2.45, 2.75) is 32.4 Å². The molecule has 21 heavy (non-hydrogen) atoms. The van der Waals surface area contributed by atoms with Crippen molar-refractivity contribution in [2.24, 2.45) is 0 Å². The predicted octanol–water partition coefficient (Wildman–Crippen LogP) is 4.83. The molecule has 0 aliphatic heterocycles. The van der Waals surface area contributed by atoms with Crippen molar-refractivity contribution >= 4 is 11.6 Å². The first-order valence-corrected chi connectivity index (χ1v) is 7.45. The van der Waals surface area contributed by atoms with E-state index >= 15 is 0 Å². The molecule has 0 amide bonds. The maximum absolute atomic E-state index is 13.7. The number of rotatable bonds is 5. The number of aryl methyl sites for hydroxylation is 1. The van der Waals surface area contributed by atoms with Gasteiger partial charge in [-0.05, 0) is 55.2 Å². The lowest BCUT2D eigenvalue weighted by atomic mass is 10.2. The van der Waals surface area contributed by atoms with E-state index in [1.54, 1.807) is 18.2 Å². The zero-order chi connectivity index (χ0) is 14.8. The lowest BCUT2D eigenvalue weighted by Crippen LogP contribution is -2.15. The molecule has 2 aromatic rings. The van der Waals surface area contributed by atoms with Gasteiger partial charge in [-0.15, -0.1) is 0 Å². The fraction of sp³-hybridized carbons (Fsp3) is 0.294. The van der Waals surface area contributed by atoms with Crippen molar-refractivity contribution in [1.29, 1.82) is 0 Å². The molecule has 1 aliphatic carbocycles. The largest absolute Gasteiger partial charge is 0.453 e. The van der Waals surface area contributed by atoms with Gasteiger partial charge in [0.2, 0.25) is 0 Å². The molecule has 2 aromatic carbocycles. The molecule has 0 aromatic heterocycles. The topological polar surface area (TPSA) is 21.3 Å². The number of hydrogen-bond acceptors (Lipinski definition) is 2. The van der Waals surface area contributed by atoms with Gasteiger partial charge in [0.05, 0.1) is 5.02 Å². The van der Waals surface area contributed by atoms with Crippen LogP contribution in [-0.4, -0.2) is 6.04 Å². The Hall–Kier alpha value is -1.58. The van der Waals surface area contributed by atoms with E-state index in [0.717, 1.165) is 17.7 Å². The molecule has 0 saturated heterocycles. The number of ether oxygens (including phenoxy) is 1. The molecule has 3 rings (SSSR count). The fourth-order valence-corrected chi connectivity index (χ4v) is 2.34. The summed E-state index contributed by atoms with van der Waals surface area (Å²) in [4.78, 5) is 0. The number of nitrogens with one attached hydrogen (secondary N) is 1. The summed E-state index contributed by atoms with van der Waals surface area (Å²) in [6.45, 7) is 2.68. The van der Waals surface area contributed by atoms with Crippen LogP contribution in [0.1, 0.15) is 24.0 Å². The molecule has 0 heterocycles. The van der Waals surface area contributed by atoms with Crippen molar-refractivity contribution in [3.8, 4) is 11.5 Å². The third-order valence-electron chi connectivity index (χ3n) is 3.48. The van der Waals surface area contributed by atoms with E-state index < -0.39 is 5.82 Å². The van der Waals surface area contributed by atoms with Crippen LogP contribution in [0.25, 0.3) is 0 Å². The fourth-order valence-electron chi connectivity index (χ4n) is 2.09. The number of hydrogen-bond donors (Lipinski definition) is 1. The van der Waals surface area contributed by atoms with E-state index in [4.69, 9.17) is 16.3 Å². The Morgan fingerprint density at radius 2 is 2.00 bits per heavy atom. The second-order valence-corrected chi connectivity index (χ2v) is 5.86. The molecule has 1 N–H and O–H groups in total. The van der Waals surface area contributed by atoms with Gasteiger partial charge in [0.15, 0.2) is 11.6 Å². The van der Waals surface area contributed by atoms with E-state index in [0.29, 0.717) is 16.8 Å². The maximum Gasteiger partial charge on any atom is 0.165 e. The Morgan fingerprint density at radius 1 is 1.19 bits per heavy atom. The van der Waals surface area contributed by atoms with Crippen molar-refractivity contribution in [1.82, 2.24) is 5.32 Å². The van der Waals surface area contributed by atoms with Gasteiger partial charge in [0, 0.05) is 12.6 Å². The molecule has 110 valence electrons. The monoisotopic (exact) mass is 305 g/mol. The summed E-state index contributed by atoms with van der Waals surface area (Å²) in [7, 11) is 0. The molecule has 0 bridgehead atoms. The first-order chi connectivity index (χ1) is 10.1. The molecule has 2 nitrogen and oxygen atoms in total. The molecule has 1 aliphatic rings. The quantitative estimate of drug-likeness (QED) is 0.854. The first-order valence-electron chi connectivity index (χ1n) is 7.07. The van der Waals surface area contributed by atoms with Gasteiger partial charge in [-0.1, -0.05) is 23.7 Å². The van der Waals surface area contributed by atoms with Crippen LogP contribution < -0.4 is 10.1 Å². The van der Waals surface area contributed by atoms with Crippen LogP contribution in [0.4, 0.5) is 4.39 Å². The minimum atomic E-state index is -0.392. The summed E-state index contributed by atoms with van der Waals surface area (Å²) in [5, 5.41) is 3.92. The van der Waals surface area contributed by atoms with Gasteiger partial charge in [-0.2, -0.15) is 0 Å². The summed E-state index contributed by atoms with van der Waals surface area (Å²) < 4.78 is 19.3. The maximum atomic E-state index is 13.7. The predicted molar refractivity (Wildman–Crippen MR) is 82.5 cm³/mol. The van der Waals surface area contributed by atoms with Gasteiger partial charge in [0.1, 0.15) is 5.75 Å². The van der Waals surface area contributed by atoms with Gasteiger partial charge in [0.25, 0.3) is 0 Å². The summed E-state index contributed by atoms with van der Waals surface area (Å²) in [5.41, 5.74) is 2.04. The average molecular weight is 306 g/mol. The minimum Gasteiger partial charge on any atom is -0.453 e. The highest BCUT2D eigenvalue weighted by Crippen LogP contribution is 2.32. The Morgan fingerprint density at radius 3 is 2.71 bits per heavy atom.